The first-order valence-electron chi connectivity index (χ1n) is 12.9. The zero-order valence-corrected chi connectivity index (χ0v) is 22.1. The van der Waals surface area contributed by atoms with E-state index in [2.05, 4.69) is 4.90 Å². The molecule has 0 unspecified atom stereocenters. The highest BCUT2D eigenvalue weighted by Crippen LogP contribution is 2.40. The molecule has 4 rings (SSSR count). The van der Waals surface area contributed by atoms with Crippen molar-refractivity contribution < 1.29 is 24.5 Å². The Balaban J connectivity index is 1.69. The Morgan fingerprint density at radius 2 is 1.66 bits per heavy atom. The summed E-state index contributed by atoms with van der Waals surface area (Å²) >= 11 is 0. The molecule has 7 nitrogen and oxygen atoms in total. The maximum absolute atomic E-state index is 13.3. The lowest BCUT2D eigenvalue weighted by atomic mass is 9.94. The number of rotatable bonds is 10. The molecule has 1 aliphatic heterocycles. The largest absolute Gasteiger partial charge is 0.508 e. The van der Waals surface area contributed by atoms with Crippen molar-refractivity contribution in [3.63, 3.8) is 0 Å². The first-order chi connectivity index (χ1) is 18.3. The second-order valence-corrected chi connectivity index (χ2v) is 9.36. The molecule has 1 heterocycles. The average Bonchev–Trinajstić information content (AvgIpc) is 3.18. The molecular formula is C31H34N2O5. The number of ether oxygens (including phenoxy) is 1. The molecule has 1 fully saturated rings. The Kier molecular flexibility index (Phi) is 8.48. The predicted molar refractivity (Wildman–Crippen MR) is 147 cm³/mol. The van der Waals surface area contributed by atoms with Gasteiger partial charge in [0.05, 0.1) is 11.6 Å². The lowest BCUT2D eigenvalue weighted by Crippen LogP contribution is -2.38. The SMILES string of the molecule is CCN(CC)CCN1C(=O)C(=O)C(=C(O)c2ccc(OCc3ccccc3)cc2C)[C@@H]1c1ccc(O)cc1. The van der Waals surface area contributed by atoms with Crippen LogP contribution in [-0.2, 0) is 16.2 Å². The second-order valence-electron chi connectivity index (χ2n) is 9.36. The number of likely N-dealkylation sites (tertiary alicyclic amines) is 1. The van der Waals surface area contributed by atoms with Crippen molar-refractivity contribution in [2.45, 2.75) is 33.4 Å². The second kappa shape index (κ2) is 12.0. The number of phenolic OH excluding ortho intramolecular Hbond substituents is 1. The van der Waals surface area contributed by atoms with Gasteiger partial charge in [-0.1, -0.05) is 56.3 Å². The average molecular weight is 515 g/mol. The molecule has 0 aliphatic carbocycles. The quantitative estimate of drug-likeness (QED) is 0.224. The third-order valence-corrected chi connectivity index (χ3v) is 7.00. The third kappa shape index (κ3) is 5.73. The molecule has 1 atom stereocenters. The molecule has 1 saturated heterocycles. The number of carbonyl (C=O) groups excluding carboxylic acids is 2. The Bertz CT molecular complexity index is 1310. The highest BCUT2D eigenvalue weighted by molar-refractivity contribution is 6.46. The van der Waals surface area contributed by atoms with Gasteiger partial charge in [-0.25, -0.2) is 0 Å². The van der Waals surface area contributed by atoms with Crippen molar-refractivity contribution in [3.05, 3.63) is 101 Å². The Labute approximate surface area is 223 Å². The van der Waals surface area contributed by atoms with Gasteiger partial charge in [-0.05, 0) is 67.0 Å². The van der Waals surface area contributed by atoms with Crippen LogP contribution in [0.5, 0.6) is 11.5 Å². The number of hydrogen-bond acceptors (Lipinski definition) is 6. The summed E-state index contributed by atoms with van der Waals surface area (Å²) < 4.78 is 5.91. The fourth-order valence-corrected chi connectivity index (χ4v) is 4.78. The number of amides is 1. The highest BCUT2D eigenvalue weighted by Gasteiger charge is 2.46. The number of aromatic hydroxyl groups is 1. The van der Waals surface area contributed by atoms with E-state index >= 15 is 0 Å². The van der Waals surface area contributed by atoms with Crippen molar-refractivity contribution in [2.75, 3.05) is 26.2 Å². The zero-order valence-electron chi connectivity index (χ0n) is 22.1. The number of aliphatic hydroxyl groups is 1. The number of likely N-dealkylation sites (N-methyl/N-ethyl adjacent to an activating group) is 1. The van der Waals surface area contributed by atoms with Crippen LogP contribution in [0.2, 0.25) is 0 Å². The van der Waals surface area contributed by atoms with Crippen molar-refractivity contribution in [2.24, 2.45) is 0 Å². The molecule has 3 aromatic carbocycles. The molecule has 0 aromatic heterocycles. The molecule has 0 bridgehead atoms. The minimum absolute atomic E-state index is 0.0429. The van der Waals surface area contributed by atoms with E-state index in [1.54, 1.807) is 24.3 Å². The van der Waals surface area contributed by atoms with E-state index in [4.69, 9.17) is 4.74 Å². The first-order valence-corrected chi connectivity index (χ1v) is 12.9. The molecule has 2 N–H and O–H groups in total. The predicted octanol–water partition coefficient (Wildman–Crippen LogP) is 5.04. The van der Waals surface area contributed by atoms with E-state index in [9.17, 15) is 19.8 Å². The number of benzene rings is 3. The molecule has 1 aliphatic rings. The van der Waals surface area contributed by atoms with E-state index in [1.807, 2.05) is 57.2 Å². The topological polar surface area (TPSA) is 90.3 Å². The van der Waals surface area contributed by atoms with E-state index < -0.39 is 17.7 Å². The lowest BCUT2D eigenvalue weighted by molar-refractivity contribution is -0.140. The van der Waals surface area contributed by atoms with Gasteiger partial charge in [0.15, 0.2) is 0 Å². The molecule has 1 amide bonds. The molecule has 38 heavy (non-hydrogen) atoms. The van der Waals surface area contributed by atoms with Crippen LogP contribution in [0, 0.1) is 6.92 Å². The van der Waals surface area contributed by atoms with Crippen LogP contribution in [0.15, 0.2) is 78.4 Å². The summed E-state index contributed by atoms with van der Waals surface area (Å²) in [5, 5.41) is 21.3. The molecule has 3 aromatic rings. The van der Waals surface area contributed by atoms with Crippen LogP contribution >= 0.6 is 0 Å². The smallest absolute Gasteiger partial charge is 0.295 e. The Morgan fingerprint density at radius 1 is 0.974 bits per heavy atom. The summed E-state index contributed by atoms with van der Waals surface area (Å²) in [7, 11) is 0. The van der Waals surface area contributed by atoms with Crippen molar-refractivity contribution in [3.8, 4) is 11.5 Å². The zero-order chi connectivity index (χ0) is 27.2. The minimum atomic E-state index is -0.764. The van der Waals surface area contributed by atoms with Crippen LogP contribution in [0.4, 0.5) is 0 Å². The number of phenols is 1. The van der Waals surface area contributed by atoms with Gasteiger partial charge in [0.25, 0.3) is 11.7 Å². The van der Waals surface area contributed by atoms with Crippen LogP contribution in [0.25, 0.3) is 5.76 Å². The number of aliphatic hydroxyl groups excluding tert-OH is 1. The first kappa shape index (κ1) is 26.9. The molecule has 7 heteroatoms. The summed E-state index contributed by atoms with van der Waals surface area (Å²) in [4.78, 5) is 30.2. The van der Waals surface area contributed by atoms with Crippen molar-refractivity contribution in [1.29, 1.82) is 0 Å². The van der Waals surface area contributed by atoms with Gasteiger partial charge in [-0.15, -0.1) is 0 Å². The third-order valence-electron chi connectivity index (χ3n) is 7.00. The maximum atomic E-state index is 13.3. The summed E-state index contributed by atoms with van der Waals surface area (Å²) in [6.07, 6.45) is 0. The number of hydrogen-bond donors (Lipinski definition) is 2. The highest BCUT2D eigenvalue weighted by atomic mass is 16.5. The molecule has 198 valence electrons. The normalized spacial score (nSPS) is 16.8. The fraction of sp³-hybridized carbons (Fsp3) is 0.290. The van der Waals surface area contributed by atoms with Crippen molar-refractivity contribution in [1.82, 2.24) is 9.80 Å². The van der Waals surface area contributed by atoms with Crippen LogP contribution in [0.1, 0.15) is 42.1 Å². The lowest BCUT2D eigenvalue weighted by Gasteiger charge is -2.28. The van der Waals surface area contributed by atoms with Gasteiger partial charge in [0.1, 0.15) is 23.9 Å². The number of ketones is 1. The molecule has 0 radical (unpaired) electrons. The van der Waals surface area contributed by atoms with Gasteiger partial charge in [0, 0.05) is 18.7 Å². The number of aryl methyl sites for hydroxylation is 1. The summed E-state index contributed by atoms with van der Waals surface area (Å²) in [5.74, 6) is -0.867. The summed E-state index contributed by atoms with van der Waals surface area (Å²) in [6.45, 7) is 8.90. The number of nitrogens with zero attached hydrogens (tertiary/aromatic N) is 2. The van der Waals surface area contributed by atoms with E-state index in [-0.39, 0.29) is 17.1 Å². The Hall–Kier alpha value is -4.10. The van der Waals surface area contributed by atoms with Crippen LogP contribution in [0.3, 0.4) is 0 Å². The summed E-state index contributed by atoms with van der Waals surface area (Å²) in [6, 6.07) is 20.7. The standard InChI is InChI=1S/C31H34N2O5/c1-4-32(5-2)17-18-33-28(23-11-13-24(34)14-12-23)27(30(36)31(33)37)29(35)26-16-15-25(19-21(26)3)38-20-22-9-7-6-8-10-22/h6-16,19,28,34-35H,4-5,17-18,20H2,1-3H3/t28-/m0/s1. The van der Waals surface area contributed by atoms with E-state index in [0.29, 0.717) is 42.1 Å². The van der Waals surface area contributed by atoms with E-state index in [0.717, 1.165) is 18.7 Å². The monoisotopic (exact) mass is 514 g/mol. The maximum Gasteiger partial charge on any atom is 0.295 e. The van der Waals surface area contributed by atoms with Gasteiger partial charge >= 0.3 is 0 Å². The minimum Gasteiger partial charge on any atom is -0.508 e. The number of carbonyl (C=O) groups is 2. The Morgan fingerprint density at radius 3 is 2.29 bits per heavy atom. The number of Topliss-reactive ketones (excluding diaryl/α,β-unsaturated/α-hetero) is 1. The molecule has 0 saturated carbocycles. The van der Waals surface area contributed by atoms with Gasteiger partial charge in [0.2, 0.25) is 0 Å². The van der Waals surface area contributed by atoms with Gasteiger partial charge in [-0.2, -0.15) is 0 Å². The van der Waals surface area contributed by atoms with Gasteiger partial charge < -0.3 is 24.7 Å². The summed E-state index contributed by atoms with van der Waals surface area (Å²) in [5.41, 5.74) is 2.90. The fourth-order valence-electron chi connectivity index (χ4n) is 4.78. The van der Waals surface area contributed by atoms with Crippen molar-refractivity contribution >= 4 is 17.4 Å². The van der Waals surface area contributed by atoms with Crippen LogP contribution < -0.4 is 4.74 Å². The molecule has 0 spiro atoms. The van der Waals surface area contributed by atoms with E-state index in [1.165, 1.54) is 17.0 Å². The van der Waals surface area contributed by atoms with Crippen LogP contribution in [-0.4, -0.2) is 57.9 Å². The molecular weight excluding hydrogens is 480 g/mol. The van der Waals surface area contributed by atoms with Gasteiger partial charge in [-0.3, -0.25) is 9.59 Å².